The van der Waals surface area contributed by atoms with Crippen LogP contribution in [0.5, 0.6) is 0 Å². The molecule has 7 heteroatoms. The van der Waals surface area contributed by atoms with E-state index in [0.717, 1.165) is 22.7 Å². The first-order valence-electron chi connectivity index (χ1n) is 5.35. The van der Waals surface area contributed by atoms with E-state index in [1.165, 1.54) is 17.4 Å². The Labute approximate surface area is 120 Å². The third kappa shape index (κ3) is 3.27. The van der Waals surface area contributed by atoms with Crippen LogP contribution in [0.4, 0.5) is 18.3 Å². The maximum Gasteiger partial charge on any atom is 0.416 e. The van der Waals surface area contributed by atoms with Gasteiger partial charge in [-0.15, -0.1) is 11.3 Å². The second-order valence-electron chi connectivity index (χ2n) is 4.04. The van der Waals surface area contributed by atoms with Gasteiger partial charge in [0.15, 0.2) is 5.13 Å². The van der Waals surface area contributed by atoms with Crippen LogP contribution in [0, 0.1) is 6.92 Å². The monoisotopic (exact) mass is 350 g/mol. The van der Waals surface area contributed by atoms with Crippen LogP contribution < -0.4 is 5.73 Å². The fourth-order valence-corrected chi connectivity index (χ4v) is 2.92. The second-order valence-corrected chi connectivity index (χ2v) is 6.01. The van der Waals surface area contributed by atoms with Gasteiger partial charge in [0.25, 0.3) is 0 Å². The summed E-state index contributed by atoms with van der Waals surface area (Å²) < 4.78 is 38.7. The molecule has 0 bridgehead atoms. The van der Waals surface area contributed by atoms with Crippen molar-refractivity contribution in [1.29, 1.82) is 0 Å². The Morgan fingerprint density at radius 2 is 2.05 bits per heavy atom. The summed E-state index contributed by atoms with van der Waals surface area (Å²) in [4.78, 5) is 4.94. The first-order valence-corrected chi connectivity index (χ1v) is 6.95. The molecule has 0 spiro atoms. The van der Waals surface area contributed by atoms with Crippen LogP contribution in [0.3, 0.4) is 0 Å². The van der Waals surface area contributed by atoms with Gasteiger partial charge in [0.2, 0.25) is 0 Å². The van der Waals surface area contributed by atoms with Crippen molar-refractivity contribution in [3.05, 3.63) is 44.4 Å². The van der Waals surface area contributed by atoms with Gasteiger partial charge >= 0.3 is 6.18 Å². The second kappa shape index (κ2) is 5.13. The quantitative estimate of drug-likeness (QED) is 0.871. The third-order valence-corrected chi connectivity index (χ3v) is 4.39. The van der Waals surface area contributed by atoms with Crippen molar-refractivity contribution in [3.63, 3.8) is 0 Å². The van der Waals surface area contributed by atoms with Gasteiger partial charge in [-0.05, 0) is 30.7 Å². The standard InChI is InChI=1S/C12H10BrF3N2S/c1-6-10(19-11(17)18-6)5-7-4-8(12(14,15)16)2-3-9(7)13/h2-4H,5H2,1H3,(H2,17,18). The SMILES string of the molecule is Cc1nc(N)sc1Cc1cc(C(F)(F)F)ccc1Br. The van der Waals surface area contributed by atoms with Crippen molar-refractivity contribution in [3.8, 4) is 0 Å². The molecule has 0 aliphatic carbocycles. The smallest absolute Gasteiger partial charge is 0.375 e. The highest BCUT2D eigenvalue weighted by Crippen LogP contribution is 2.33. The average molecular weight is 351 g/mol. The molecule has 0 amide bonds. The molecule has 0 saturated heterocycles. The highest BCUT2D eigenvalue weighted by atomic mass is 79.9. The first kappa shape index (κ1) is 14.3. The van der Waals surface area contributed by atoms with Gasteiger partial charge in [0.05, 0.1) is 11.3 Å². The summed E-state index contributed by atoms with van der Waals surface area (Å²) >= 11 is 4.57. The Kier molecular flexibility index (Phi) is 3.87. The zero-order valence-corrected chi connectivity index (χ0v) is 12.3. The fraction of sp³-hybridized carbons (Fsp3) is 0.250. The summed E-state index contributed by atoms with van der Waals surface area (Å²) in [6.07, 6.45) is -3.96. The van der Waals surface area contributed by atoms with Gasteiger partial charge in [-0.3, -0.25) is 0 Å². The molecule has 2 nitrogen and oxygen atoms in total. The Morgan fingerprint density at radius 3 is 2.58 bits per heavy atom. The molecule has 0 unspecified atom stereocenters. The molecule has 1 aromatic heterocycles. The van der Waals surface area contributed by atoms with E-state index >= 15 is 0 Å². The fourth-order valence-electron chi connectivity index (χ4n) is 1.67. The molecular formula is C12H10BrF3N2S. The van der Waals surface area contributed by atoms with E-state index in [1.54, 1.807) is 6.92 Å². The molecule has 2 rings (SSSR count). The molecule has 0 fully saturated rings. The first-order chi connectivity index (χ1) is 8.77. The lowest BCUT2D eigenvalue weighted by Gasteiger charge is -2.10. The van der Waals surface area contributed by atoms with E-state index < -0.39 is 11.7 Å². The number of anilines is 1. The Bertz CT molecular complexity index is 608. The largest absolute Gasteiger partial charge is 0.416 e. The molecule has 0 radical (unpaired) electrons. The van der Waals surface area contributed by atoms with E-state index in [0.29, 0.717) is 21.6 Å². The van der Waals surface area contributed by atoms with Crippen molar-refractivity contribution < 1.29 is 13.2 Å². The number of alkyl halides is 3. The van der Waals surface area contributed by atoms with Crippen LogP contribution >= 0.6 is 27.3 Å². The van der Waals surface area contributed by atoms with Gasteiger partial charge < -0.3 is 5.73 Å². The highest BCUT2D eigenvalue weighted by Gasteiger charge is 2.30. The number of hydrogen-bond donors (Lipinski definition) is 1. The number of benzene rings is 1. The van der Waals surface area contributed by atoms with Crippen LogP contribution in [-0.4, -0.2) is 4.98 Å². The minimum atomic E-state index is -4.34. The average Bonchev–Trinajstić information content (AvgIpc) is 2.59. The summed E-state index contributed by atoms with van der Waals surface area (Å²) in [5, 5.41) is 0.426. The molecule has 2 N–H and O–H groups in total. The van der Waals surface area contributed by atoms with Crippen LogP contribution in [0.2, 0.25) is 0 Å². The number of aryl methyl sites for hydroxylation is 1. The predicted octanol–water partition coefficient (Wildman–Crippen LogP) is 4.41. The molecule has 19 heavy (non-hydrogen) atoms. The van der Waals surface area contributed by atoms with E-state index in [1.807, 2.05) is 0 Å². The van der Waals surface area contributed by atoms with Crippen molar-refractivity contribution in [2.45, 2.75) is 19.5 Å². The lowest BCUT2D eigenvalue weighted by molar-refractivity contribution is -0.137. The van der Waals surface area contributed by atoms with Crippen molar-refractivity contribution in [2.24, 2.45) is 0 Å². The number of nitrogens with zero attached hydrogens (tertiary/aromatic N) is 1. The normalized spacial score (nSPS) is 11.8. The molecule has 0 aliphatic rings. The number of rotatable bonds is 2. The summed E-state index contributed by atoms with van der Waals surface area (Å²) in [7, 11) is 0. The summed E-state index contributed by atoms with van der Waals surface area (Å²) in [5.74, 6) is 0. The van der Waals surface area contributed by atoms with E-state index in [4.69, 9.17) is 5.73 Å². The van der Waals surface area contributed by atoms with Crippen LogP contribution in [0.25, 0.3) is 0 Å². The summed E-state index contributed by atoms with van der Waals surface area (Å²) in [5.41, 5.74) is 6.26. The zero-order valence-electron chi connectivity index (χ0n) is 9.88. The van der Waals surface area contributed by atoms with Gasteiger partial charge in [0.1, 0.15) is 0 Å². The number of thiazole rings is 1. The highest BCUT2D eigenvalue weighted by molar-refractivity contribution is 9.10. The molecule has 0 aliphatic heterocycles. The Morgan fingerprint density at radius 1 is 1.37 bits per heavy atom. The minimum Gasteiger partial charge on any atom is -0.375 e. The maximum absolute atomic E-state index is 12.7. The molecule has 1 heterocycles. The van der Waals surface area contributed by atoms with Gasteiger partial charge in [0, 0.05) is 15.8 Å². The maximum atomic E-state index is 12.7. The van der Waals surface area contributed by atoms with Gasteiger partial charge in [-0.1, -0.05) is 15.9 Å². The molecule has 0 atom stereocenters. The summed E-state index contributed by atoms with van der Waals surface area (Å²) in [6.45, 7) is 1.80. The number of nitrogens with two attached hydrogens (primary N) is 1. The third-order valence-electron chi connectivity index (χ3n) is 2.63. The van der Waals surface area contributed by atoms with Crippen LogP contribution in [0.1, 0.15) is 21.7 Å². The van der Waals surface area contributed by atoms with Crippen molar-refractivity contribution >= 4 is 32.4 Å². The van der Waals surface area contributed by atoms with Crippen molar-refractivity contribution in [1.82, 2.24) is 4.98 Å². The number of aromatic nitrogens is 1. The number of nitrogen functional groups attached to an aromatic ring is 1. The Balaban J connectivity index is 2.37. The lowest BCUT2D eigenvalue weighted by Crippen LogP contribution is -2.05. The van der Waals surface area contributed by atoms with Gasteiger partial charge in [-0.25, -0.2) is 4.98 Å². The van der Waals surface area contributed by atoms with E-state index in [2.05, 4.69) is 20.9 Å². The van der Waals surface area contributed by atoms with E-state index in [-0.39, 0.29) is 0 Å². The van der Waals surface area contributed by atoms with Crippen LogP contribution in [0.15, 0.2) is 22.7 Å². The van der Waals surface area contributed by atoms with Crippen molar-refractivity contribution in [2.75, 3.05) is 5.73 Å². The van der Waals surface area contributed by atoms with Crippen LogP contribution in [-0.2, 0) is 12.6 Å². The minimum absolute atomic E-state index is 0.380. The molecule has 2 aromatic rings. The Hall–Kier alpha value is -1.08. The molecule has 102 valence electrons. The molecular weight excluding hydrogens is 341 g/mol. The molecule has 1 aromatic carbocycles. The lowest BCUT2D eigenvalue weighted by atomic mass is 10.1. The molecule has 0 saturated carbocycles. The van der Waals surface area contributed by atoms with Gasteiger partial charge in [-0.2, -0.15) is 13.2 Å². The van der Waals surface area contributed by atoms with E-state index in [9.17, 15) is 13.2 Å². The summed E-state index contributed by atoms with van der Waals surface area (Å²) in [6, 6.07) is 3.62. The zero-order chi connectivity index (χ0) is 14.2. The predicted molar refractivity (Wildman–Crippen MR) is 73.2 cm³/mol. The number of halogens is 4. The topological polar surface area (TPSA) is 38.9 Å². The number of hydrogen-bond acceptors (Lipinski definition) is 3.